The average molecular weight is 293 g/mol. The molecule has 21 heavy (non-hydrogen) atoms. The summed E-state index contributed by atoms with van der Waals surface area (Å²) in [6.07, 6.45) is 0.203. The summed E-state index contributed by atoms with van der Waals surface area (Å²) in [6, 6.07) is 4.00. The van der Waals surface area contributed by atoms with Crippen LogP contribution in [-0.4, -0.2) is 48.6 Å². The second-order valence-corrected chi connectivity index (χ2v) is 4.75. The summed E-state index contributed by atoms with van der Waals surface area (Å²) in [4.78, 5) is 35.4. The molecule has 114 valence electrons. The lowest BCUT2D eigenvalue weighted by Crippen LogP contribution is -2.33. The van der Waals surface area contributed by atoms with Crippen LogP contribution in [0.5, 0.6) is 0 Å². The molecule has 0 spiro atoms. The van der Waals surface area contributed by atoms with Gasteiger partial charge in [0.2, 0.25) is 5.91 Å². The van der Waals surface area contributed by atoms with Crippen molar-refractivity contribution in [1.82, 2.24) is 10.2 Å². The molecule has 1 aromatic carbocycles. The first-order chi connectivity index (χ1) is 9.81. The van der Waals surface area contributed by atoms with Crippen molar-refractivity contribution in [1.29, 1.82) is 0 Å². The van der Waals surface area contributed by atoms with E-state index in [-0.39, 0.29) is 24.4 Å². The number of rotatable bonds is 5. The first kappa shape index (κ1) is 16.5. The molecule has 0 saturated carbocycles. The summed E-state index contributed by atoms with van der Waals surface area (Å²) >= 11 is 0. The number of hydrogen-bond acceptors (Lipinski definition) is 3. The largest absolute Gasteiger partial charge is 0.478 e. The number of urea groups is 1. The van der Waals surface area contributed by atoms with Gasteiger partial charge in [-0.05, 0) is 24.6 Å². The first-order valence-corrected chi connectivity index (χ1v) is 6.40. The Hall–Kier alpha value is -2.57. The smallest absolute Gasteiger partial charge is 0.335 e. The zero-order valence-electron chi connectivity index (χ0n) is 12.3. The van der Waals surface area contributed by atoms with Crippen LogP contribution in [0.25, 0.3) is 0 Å². The SMILES string of the molecule is Cc1ccc(C(=O)O)cc1NC(=O)NCCC(=O)N(C)C. The van der Waals surface area contributed by atoms with E-state index in [0.717, 1.165) is 5.56 Å². The van der Waals surface area contributed by atoms with Gasteiger partial charge in [-0.2, -0.15) is 0 Å². The van der Waals surface area contributed by atoms with Crippen molar-refractivity contribution in [2.75, 3.05) is 26.0 Å². The van der Waals surface area contributed by atoms with Gasteiger partial charge in [0.05, 0.1) is 5.56 Å². The van der Waals surface area contributed by atoms with Gasteiger partial charge in [-0.25, -0.2) is 9.59 Å². The molecule has 0 aliphatic rings. The fraction of sp³-hybridized carbons (Fsp3) is 0.357. The Labute approximate surface area is 122 Å². The molecule has 0 aliphatic carbocycles. The molecule has 1 aromatic rings. The summed E-state index contributed by atoms with van der Waals surface area (Å²) in [7, 11) is 3.28. The Bertz CT molecular complexity index is 555. The number of carbonyl (C=O) groups is 3. The normalized spacial score (nSPS) is 9.86. The van der Waals surface area contributed by atoms with Gasteiger partial charge in [0, 0.05) is 32.7 Å². The summed E-state index contributed by atoms with van der Waals surface area (Å²) < 4.78 is 0. The number of aryl methyl sites for hydroxylation is 1. The molecule has 7 nitrogen and oxygen atoms in total. The van der Waals surface area contributed by atoms with E-state index in [1.165, 1.54) is 17.0 Å². The first-order valence-electron chi connectivity index (χ1n) is 6.40. The fourth-order valence-electron chi connectivity index (χ4n) is 1.56. The molecule has 3 amide bonds. The van der Waals surface area contributed by atoms with Crippen molar-refractivity contribution in [3.63, 3.8) is 0 Å². The number of nitrogens with one attached hydrogen (secondary N) is 2. The van der Waals surface area contributed by atoms with Crippen molar-refractivity contribution < 1.29 is 19.5 Å². The number of carboxylic acid groups (broad SMARTS) is 1. The average Bonchev–Trinajstić information content (AvgIpc) is 2.40. The lowest BCUT2D eigenvalue weighted by molar-refractivity contribution is -0.128. The van der Waals surface area contributed by atoms with Gasteiger partial charge in [0.1, 0.15) is 0 Å². The molecule has 1 rings (SSSR count). The third-order valence-corrected chi connectivity index (χ3v) is 2.86. The Balaban J connectivity index is 2.57. The van der Waals surface area contributed by atoms with Crippen LogP contribution in [0, 0.1) is 6.92 Å². The molecule has 0 aliphatic heterocycles. The molecule has 0 aromatic heterocycles. The van der Waals surface area contributed by atoms with E-state index < -0.39 is 12.0 Å². The number of aromatic carboxylic acids is 1. The standard InChI is InChI=1S/C14H19N3O4/c1-9-4-5-10(13(19)20)8-11(9)16-14(21)15-7-6-12(18)17(2)3/h4-5,8H,6-7H2,1-3H3,(H,19,20)(H2,15,16,21). The van der Waals surface area contributed by atoms with Gasteiger partial charge in [0.15, 0.2) is 0 Å². The Morgan fingerprint density at radius 3 is 2.48 bits per heavy atom. The highest BCUT2D eigenvalue weighted by molar-refractivity contribution is 5.94. The highest BCUT2D eigenvalue weighted by atomic mass is 16.4. The highest BCUT2D eigenvalue weighted by Crippen LogP contribution is 2.16. The Morgan fingerprint density at radius 1 is 1.24 bits per heavy atom. The van der Waals surface area contributed by atoms with Gasteiger partial charge in [0.25, 0.3) is 0 Å². The molecule has 0 fully saturated rings. The number of nitrogens with zero attached hydrogens (tertiary/aromatic N) is 1. The van der Waals surface area contributed by atoms with Crippen molar-refractivity contribution in [2.45, 2.75) is 13.3 Å². The maximum atomic E-state index is 11.7. The van der Waals surface area contributed by atoms with Crippen molar-refractivity contribution in [2.24, 2.45) is 0 Å². The topological polar surface area (TPSA) is 98.7 Å². The molecule has 0 bridgehead atoms. The van der Waals surface area contributed by atoms with E-state index in [1.54, 1.807) is 27.1 Å². The van der Waals surface area contributed by atoms with E-state index in [4.69, 9.17) is 5.11 Å². The maximum absolute atomic E-state index is 11.7. The van der Waals surface area contributed by atoms with Crippen LogP contribution in [0.4, 0.5) is 10.5 Å². The third kappa shape index (κ3) is 5.13. The molecular formula is C14H19N3O4. The van der Waals surface area contributed by atoms with Gasteiger partial charge >= 0.3 is 12.0 Å². The van der Waals surface area contributed by atoms with Gasteiger partial charge in [-0.3, -0.25) is 4.79 Å². The number of carbonyl (C=O) groups excluding carboxylic acids is 2. The second-order valence-electron chi connectivity index (χ2n) is 4.75. The van der Waals surface area contributed by atoms with E-state index in [9.17, 15) is 14.4 Å². The van der Waals surface area contributed by atoms with Crippen LogP contribution in [0.3, 0.4) is 0 Å². The van der Waals surface area contributed by atoms with Gasteiger partial charge in [-0.15, -0.1) is 0 Å². The number of anilines is 1. The van der Waals surface area contributed by atoms with Crippen LogP contribution in [-0.2, 0) is 4.79 Å². The molecule has 0 saturated heterocycles. The maximum Gasteiger partial charge on any atom is 0.335 e. The third-order valence-electron chi connectivity index (χ3n) is 2.86. The van der Waals surface area contributed by atoms with Crippen LogP contribution in [0.15, 0.2) is 18.2 Å². The van der Waals surface area contributed by atoms with E-state index in [0.29, 0.717) is 5.69 Å². The van der Waals surface area contributed by atoms with E-state index >= 15 is 0 Å². The zero-order chi connectivity index (χ0) is 16.0. The second kappa shape index (κ2) is 7.28. The predicted molar refractivity (Wildman–Crippen MR) is 78.5 cm³/mol. The van der Waals surface area contributed by atoms with Crippen molar-refractivity contribution >= 4 is 23.6 Å². The van der Waals surface area contributed by atoms with Crippen LogP contribution in [0.2, 0.25) is 0 Å². The summed E-state index contributed by atoms with van der Waals surface area (Å²) in [5.41, 5.74) is 1.27. The number of benzene rings is 1. The van der Waals surface area contributed by atoms with E-state index in [2.05, 4.69) is 10.6 Å². The lowest BCUT2D eigenvalue weighted by Gasteiger charge is -2.12. The van der Waals surface area contributed by atoms with Crippen LogP contribution in [0.1, 0.15) is 22.3 Å². The summed E-state index contributed by atoms with van der Waals surface area (Å²) in [6.45, 7) is 1.97. The molecule has 3 N–H and O–H groups in total. The summed E-state index contributed by atoms with van der Waals surface area (Å²) in [5.74, 6) is -1.14. The molecule has 7 heteroatoms. The minimum atomic E-state index is -1.06. The minimum absolute atomic E-state index is 0.0839. The van der Waals surface area contributed by atoms with Gasteiger partial charge < -0.3 is 20.6 Å². The molecule has 0 radical (unpaired) electrons. The predicted octanol–water partition coefficient (Wildman–Crippen LogP) is 1.29. The fourth-order valence-corrected chi connectivity index (χ4v) is 1.56. The Morgan fingerprint density at radius 2 is 1.90 bits per heavy atom. The summed E-state index contributed by atoms with van der Waals surface area (Å²) in [5, 5.41) is 14.0. The lowest BCUT2D eigenvalue weighted by atomic mass is 10.1. The van der Waals surface area contributed by atoms with Crippen molar-refractivity contribution in [3.05, 3.63) is 29.3 Å². The molecular weight excluding hydrogens is 274 g/mol. The van der Waals surface area contributed by atoms with Crippen LogP contribution >= 0.6 is 0 Å². The number of amides is 3. The molecule has 0 heterocycles. The quantitative estimate of drug-likeness (QED) is 0.762. The number of carboxylic acids is 1. The van der Waals surface area contributed by atoms with Gasteiger partial charge in [-0.1, -0.05) is 6.07 Å². The minimum Gasteiger partial charge on any atom is -0.478 e. The number of hydrogen-bond donors (Lipinski definition) is 3. The molecule has 0 unspecified atom stereocenters. The van der Waals surface area contributed by atoms with Crippen LogP contribution < -0.4 is 10.6 Å². The zero-order valence-corrected chi connectivity index (χ0v) is 12.3. The monoisotopic (exact) mass is 293 g/mol. The van der Waals surface area contributed by atoms with E-state index in [1.807, 2.05) is 0 Å². The Kier molecular flexibility index (Phi) is 5.71. The highest BCUT2D eigenvalue weighted by Gasteiger charge is 2.09. The molecule has 0 atom stereocenters. The van der Waals surface area contributed by atoms with Crippen molar-refractivity contribution in [3.8, 4) is 0 Å².